The number of carbonyl (C=O) groups is 1. The topological polar surface area (TPSA) is 59.6 Å². The largest absolute Gasteiger partial charge is 0.497 e. The molecular weight excluding hydrogens is 276 g/mol. The summed E-state index contributed by atoms with van der Waals surface area (Å²) in [6, 6.07) is 5.30. The Morgan fingerprint density at radius 2 is 2.05 bits per heavy atom. The zero-order chi connectivity index (χ0) is 15.0. The lowest BCUT2D eigenvalue weighted by Gasteiger charge is -2.13. The van der Waals surface area contributed by atoms with E-state index >= 15 is 0 Å². The molecule has 2 N–H and O–H groups in total. The molecule has 1 aromatic rings. The van der Waals surface area contributed by atoms with E-state index in [4.69, 9.17) is 21.7 Å². The summed E-state index contributed by atoms with van der Waals surface area (Å²) in [5.41, 5.74) is 0.646. The first-order valence-corrected chi connectivity index (χ1v) is 6.84. The molecule has 110 valence electrons. The van der Waals surface area contributed by atoms with Gasteiger partial charge in [-0.25, -0.2) is 0 Å². The van der Waals surface area contributed by atoms with E-state index in [1.807, 2.05) is 6.92 Å². The standard InChI is InChI=1S/C14H20N2O3S/c1-4-5-6-13(17)16-14(20)15-11-9-10(18-2)7-8-12(11)19-3/h7-9H,4-6H2,1-3H3,(H2,15,16,17,20). The number of benzene rings is 1. The Labute approximate surface area is 124 Å². The summed E-state index contributed by atoms with van der Waals surface area (Å²) >= 11 is 5.11. The van der Waals surface area contributed by atoms with E-state index in [0.29, 0.717) is 23.6 Å². The molecule has 1 rings (SSSR count). The molecule has 0 bridgehead atoms. The number of carbonyl (C=O) groups excluding carboxylic acids is 1. The molecule has 1 aromatic carbocycles. The highest BCUT2D eigenvalue weighted by atomic mass is 32.1. The molecule has 0 aromatic heterocycles. The summed E-state index contributed by atoms with van der Waals surface area (Å²) in [5, 5.41) is 5.82. The summed E-state index contributed by atoms with van der Waals surface area (Å²) in [5.74, 6) is 1.20. The summed E-state index contributed by atoms with van der Waals surface area (Å²) in [6.45, 7) is 2.03. The van der Waals surface area contributed by atoms with Gasteiger partial charge < -0.3 is 20.1 Å². The minimum absolute atomic E-state index is 0.0915. The molecule has 0 aliphatic carbocycles. The third-order valence-corrected chi connectivity index (χ3v) is 2.87. The average molecular weight is 296 g/mol. The lowest BCUT2D eigenvalue weighted by molar-refractivity contribution is -0.119. The average Bonchev–Trinajstić information content (AvgIpc) is 2.44. The van der Waals surface area contributed by atoms with Crippen LogP contribution in [0.1, 0.15) is 26.2 Å². The van der Waals surface area contributed by atoms with Crippen LogP contribution in [0.4, 0.5) is 5.69 Å². The molecule has 0 unspecified atom stereocenters. The predicted molar refractivity (Wildman–Crippen MR) is 83.4 cm³/mol. The van der Waals surface area contributed by atoms with Gasteiger partial charge in [-0.15, -0.1) is 0 Å². The fourth-order valence-electron chi connectivity index (χ4n) is 1.59. The molecule has 0 radical (unpaired) electrons. The number of anilines is 1. The third kappa shape index (κ3) is 5.05. The predicted octanol–water partition coefficient (Wildman–Crippen LogP) is 2.71. The SMILES string of the molecule is CCCCC(=O)NC(=S)Nc1cc(OC)ccc1OC. The van der Waals surface area contributed by atoms with Crippen molar-refractivity contribution in [3.05, 3.63) is 18.2 Å². The summed E-state index contributed by atoms with van der Waals surface area (Å²) in [6.07, 6.45) is 2.28. The highest BCUT2D eigenvalue weighted by Gasteiger charge is 2.09. The van der Waals surface area contributed by atoms with Gasteiger partial charge in [0, 0.05) is 12.5 Å². The zero-order valence-electron chi connectivity index (χ0n) is 12.0. The summed E-state index contributed by atoms with van der Waals surface area (Å²) in [7, 11) is 3.15. The van der Waals surface area contributed by atoms with E-state index in [0.717, 1.165) is 12.8 Å². The van der Waals surface area contributed by atoms with Gasteiger partial charge in [-0.2, -0.15) is 0 Å². The number of unbranched alkanes of at least 4 members (excludes halogenated alkanes) is 1. The molecule has 0 fully saturated rings. The molecule has 0 aliphatic rings. The number of hydrogen-bond acceptors (Lipinski definition) is 4. The van der Waals surface area contributed by atoms with Gasteiger partial charge in [-0.1, -0.05) is 13.3 Å². The van der Waals surface area contributed by atoms with Gasteiger partial charge >= 0.3 is 0 Å². The first-order chi connectivity index (χ1) is 9.60. The number of methoxy groups -OCH3 is 2. The maximum Gasteiger partial charge on any atom is 0.226 e. The van der Waals surface area contributed by atoms with Crippen molar-refractivity contribution in [1.29, 1.82) is 0 Å². The Kier molecular flexibility index (Phi) is 6.79. The Hall–Kier alpha value is -1.82. The van der Waals surface area contributed by atoms with Crippen molar-refractivity contribution in [2.75, 3.05) is 19.5 Å². The van der Waals surface area contributed by atoms with E-state index in [-0.39, 0.29) is 11.0 Å². The molecule has 0 spiro atoms. The normalized spacial score (nSPS) is 9.75. The Bertz CT molecular complexity index is 477. The lowest BCUT2D eigenvalue weighted by atomic mass is 10.2. The number of hydrogen-bond donors (Lipinski definition) is 2. The van der Waals surface area contributed by atoms with Crippen LogP contribution in [0, 0.1) is 0 Å². The van der Waals surface area contributed by atoms with Gasteiger partial charge in [0.25, 0.3) is 0 Å². The molecule has 0 aliphatic heterocycles. The maximum absolute atomic E-state index is 11.6. The van der Waals surface area contributed by atoms with Crippen LogP contribution in [-0.2, 0) is 4.79 Å². The second kappa shape index (κ2) is 8.37. The molecular formula is C14H20N2O3S. The summed E-state index contributed by atoms with van der Waals surface area (Å²) < 4.78 is 10.4. The number of ether oxygens (including phenoxy) is 2. The molecule has 5 nitrogen and oxygen atoms in total. The van der Waals surface area contributed by atoms with E-state index in [1.165, 1.54) is 0 Å². The fraction of sp³-hybridized carbons (Fsp3) is 0.429. The molecule has 0 saturated carbocycles. The quantitative estimate of drug-likeness (QED) is 0.790. The second-order valence-corrected chi connectivity index (χ2v) is 4.58. The highest BCUT2D eigenvalue weighted by molar-refractivity contribution is 7.80. The Morgan fingerprint density at radius 3 is 2.65 bits per heavy atom. The van der Waals surface area contributed by atoms with Crippen LogP contribution < -0.4 is 20.1 Å². The minimum atomic E-state index is -0.0915. The molecule has 1 amide bonds. The van der Waals surface area contributed by atoms with Crippen LogP contribution in [0.2, 0.25) is 0 Å². The molecule has 6 heteroatoms. The van der Waals surface area contributed by atoms with Gasteiger partial charge in [-0.05, 0) is 30.8 Å². The van der Waals surface area contributed by atoms with Crippen LogP contribution in [0.15, 0.2) is 18.2 Å². The Balaban J connectivity index is 2.67. The molecule has 0 saturated heterocycles. The molecule has 0 atom stereocenters. The van der Waals surface area contributed by atoms with Crippen LogP contribution >= 0.6 is 12.2 Å². The Morgan fingerprint density at radius 1 is 1.30 bits per heavy atom. The van der Waals surface area contributed by atoms with Gasteiger partial charge in [0.2, 0.25) is 5.91 Å². The molecule has 20 heavy (non-hydrogen) atoms. The first-order valence-electron chi connectivity index (χ1n) is 6.43. The minimum Gasteiger partial charge on any atom is -0.497 e. The van der Waals surface area contributed by atoms with Gasteiger partial charge in [-0.3, -0.25) is 4.79 Å². The van der Waals surface area contributed by atoms with Crippen LogP contribution in [0.3, 0.4) is 0 Å². The van der Waals surface area contributed by atoms with Gasteiger partial charge in [0.15, 0.2) is 5.11 Å². The van der Waals surface area contributed by atoms with E-state index in [2.05, 4.69) is 10.6 Å². The molecule has 0 heterocycles. The van der Waals surface area contributed by atoms with E-state index in [9.17, 15) is 4.79 Å². The number of rotatable bonds is 6. The number of amides is 1. The fourth-order valence-corrected chi connectivity index (χ4v) is 1.82. The summed E-state index contributed by atoms with van der Waals surface area (Å²) in [4.78, 5) is 11.6. The second-order valence-electron chi connectivity index (χ2n) is 4.17. The van der Waals surface area contributed by atoms with Crippen molar-refractivity contribution in [1.82, 2.24) is 5.32 Å². The highest BCUT2D eigenvalue weighted by Crippen LogP contribution is 2.28. The number of nitrogens with one attached hydrogen (secondary N) is 2. The monoisotopic (exact) mass is 296 g/mol. The first kappa shape index (κ1) is 16.2. The van der Waals surface area contributed by atoms with E-state index in [1.54, 1.807) is 32.4 Å². The zero-order valence-corrected chi connectivity index (χ0v) is 12.8. The van der Waals surface area contributed by atoms with Gasteiger partial charge in [0.1, 0.15) is 11.5 Å². The van der Waals surface area contributed by atoms with Crippen molar-refractivity contribution in [3.8, 4) is 11.5 Å². The van der Waals surface area contributed by atoms with Crippen molar-refractivity contribution in [2.24, 2.45) is 0 Å². The van der Waals surface area contributed by atoms with Crippen LogP contribution in [0.25, 0.3) is 0 Å². The van der Waals surface area contributed by atoms with Crippen molar-refractivity contribution >= 4 is 28.9 Å². The maximum atomic E-state index is 11.6. The number of thiocarbonyl (C=S) groups is 1. The smallest absolute Gasteiger partial charge is 0.226 e. The third-order valence-electron chi connectivity index (χ3n) is 2.67. The van der Waals surface area contributed by atoms with Crippen molar-refractivity contribution in [2.45, 2.75) is 26.2 Å². The van der Waals surface area contributed by atoms with Crippen molar-refractivity contribution < 1.29 is 14.3 Å². The van der Waals surface area contributed by atoms with Crippen LogP contribution in [0.5, 0.6) is 11.5 Å². The lowest BCUT2D eigenvalue weighted by Crippen LogP contribution is -2.34. The van der Waals surface area contributed by atoms with E-state index < -0.39 is 0 Å². The van der Waals surface area contributed by atoms with Gasteiger partial charge in [0.05, 0.1) is 19.9 Å². The van der Waals surface area contributed by atoms with Crippen molar-refractivity contribution in [3.63, 3.8) is 0 Å². The van der Waals surface area contributed by atoms with Crippen LogP contribution in [-0.4, -0.2) is 25.2 Å².